The van der Waals surface area contributed by atoms with Crippen molar-refractivity contribution in [3.8, 4) is 16.9 Å². The van der Waals surface area contributed by atoms with Crippen LogP contribution in [0, 0.1) is 0 Å². The van der Waals surface area contributed by atoms with Gasteiger partial charge in [-0.3, -0.25) is 4.98 Å². The molecule has 2 aromatic rings. The van der Waals surface area contributed by atoms with Gasteiger partial charge in [0.1, 0.15) is 30.2 Å². The zero-order valence-corrected chi connectivity index (χ0v) is 29.6. The van der Waals surface area contributed by atoms with Crippen LogP contribution in [-0.4, -0.2) is 107 Å². The highest BCUT2D eigenvalue weighted by atomic mass is 35.5. The van der Waals surface area contributed by atoms with Crippen molar-refractivity contribution in [2.75, 3.05) is 39.5 Å². The number of amides is 2. The van der Waals surface area contributed by atoms with Crippen molar-refractivity contribution in [2.24, 2.45) is 0 Å². The van der Waals surface area contributed by atoms with Crippen molar-refractivity contribution >= 4 is 29.2 Å². The number of unbranched alkanes of at least 4 members (excludes halogenated alkanes) is 1. The number of allylic oxidation sites excluding steroid dienone is 4. The quantitative estimate of drug-likeness (QED) is 0.0784. The summed E-state index contributed by atoms with van der Waals surface area (Å²) in [5, 5.41) is 53.6. The minimum Gasteiger partial charge on any atom is -0.485 e. The molecule has 12 nitrogen and oxygen atoms in total. The number of halogens is 2. The van der Waals surface area contributed by atoms with Gasteiger partial charge in [0.25, 0.3) is 0 Å². The highest BCUT2D eigenvalue weighted by Gasteiger charge is 2.47. The minimum atomic E-state index is -1.77. The number of carbonyl (C=O) groups is 1. The van der Waals surface area contributed by atoms with Crippen LogP contribution in [-0.2, 0) is 15.1 Å². The molecule has 1 aromatic carbocycles. The van der Waals surface area contributed by atoms with E-state index in [1.54, 1.807) is 12.3 Å². The second kappa shape index (κ2) is 19.0. The fourth-order valence-electron chi connectivity index (χ4n) is 5.31. The number of carbonyl (C=O) groups excluding carboxylic acids is 1. The Morgan fingerprint density at radius 2 is 1.80 bits per heavy atom. The van der Waals surface area contributed by atoms with Gasteiger partial charge in [0.15, 0.2) is 0 Å². The fourth-order valence-corrected chi connectivity index (χ4v) is 5.65. The lowest BCUT2D eigenvalue weighted by Crippen LogP contribution is -2.50. The molecule has 7 N–H and O–H groups in total. The zero-order chi connectivity index (χ0) is 36.3. The summed E-state index contributed by atoms with van der Waals surface area (Å²) in [5.74, 6) is 0.798. The second-order valence-corrected chi connectivity index (χ2v) is 13.4. The normalized spacial score (nSPS) is 18.6. The predicted molar refractivity (Wildman–Crippen MR) is 190 cm³/mol. The molecular weight excluding hydrogens is 689 g/mol. The lowest BCUT2D eigenvalue weighted by atomic mass is 9.96. The van der Waals surface area contributed by atoms with E-state index in [1.807, 2.05) is 43.5 Å². The smallest absolute Gasteiger partial charge is 0.314 e. The van der Waals surface area contributed by atoms with Crippen molar-refractivity contribution < 1.29 is 44.5 Å². The van der Waals surface area contributed by atoms with Crippen molar-refractivity contribution in [3.63, 3.8) is 0 Å². The third-order valence-electron chi connectivity index (χ3n) is 8.67. The highest BCUT2D eigenvalue weighted by molar-refractivity contribution is 6.33. The number of hydrogen-bond donors (Lipinski definition) is 7. The maximum Gasteiger partial charge on any atom is 0.314 e. The van der Waals surface area contributed by atoms with E-state index in [2.05, 4.69) is 22.2 Å². The summed E-state index contributed by atoms with van der Waals surface area (Å²) in [6, 6.07) is 9.38. The van der Waals surface area contributed by atoms with Crippen molar-refractivity contribution in [2.45, 2.75) is 75.1 Å². The van der Waals surface area contributed by atoms with Crippen LogP contribution in [0.5, 0.6) is 5.75 Å². The van der Waals surface area contributed by atoms with Gasteiger partial charge in [-0.15, -0.1) is 0 Å². The predicted octanol–water partition coefficient (Wildman–Crippen LogP) is 3.63. The topological polar surface area (TPSA) is 183 Å². The number of aliphatic hydroxyl groups excluding tert-OH is 5. The maximum absolute atomic E-state index is 12.1. The Bertz CT molecular complexity index is 1510. The van der Waals surface area contributed by atoms with Crippen LogP contribution in [0.25, 0.3) is 11.1 Å². The molecule has 50 heavy (non-hydrogen) atoms. The average molecular weight is 737 g/mol. The first kappa shape index (κ1) is 39.7. The van der Waals surface area contributed by atoms with Crippen LogP contribution in [0.3, 0.4) is 0 Å². The molecule has 2 fully saturated rings. The molecule has 14 heteroatoms. The number of rotatable bonds is 20. The summed E-state index contributed by atoms with van der Waals surface area (Å²) in [6.07, 6.45) is 2.29. The Kier molecular flexibility index (Phi) is 15.1. The molecule has 2 heterocycles. The molecule has 0 radical (unpaired) electrons. The number of ether oxygens (including phenoxy) is 3. The summed E-state index contributed by atoms with van der Waals surface area (Å²) in [5.41, 5.74) is 4.09. The van der Waals surface area contributed by atoms with Gasteiger partial charge in [0.2, 0.25) is 0 Å². The van der Waals surface area contributed by atoms with E-state index < -0.39 is 42.7 Å². The molecule has 1 saturated heterocycles. The molecule has 0 spiro atoms. The number of hydrogen-bond acceptors (Lipinski definition) is 10. The summed E-state index contributed by atoms with van der Waals surface area (Å²) >= 11 is 13.0. The van der Waals surface area contributed by atoms with Crippen LogP contribution in [0.1, 0.15) is 44.6 Å². The molecule has 0 unspecified atom stereocenters. The van der Waals surface area contributed by atoms with Crippen LogP contribution < -0.4 is 15.4 Å². The van der Waals surface area contributed by atoms with Gasteiger partial charge in [0.05, 0.1) is 38.1 Å². The first-order chi connectivity index (χ1) is 24.0. The number of aromatic nitrogens is 1. The standard InChI is InChI=1S/C36H47Cl2N3O9/c1-22(19-49-36(11-12-36)28-16-39-14-10-26(28)27-8-3-4-9-32(27)50-25-20-48-21-25)29(38)15-24(23(2)37)7-5-6-13-40-35(47)41-17-30(43)33(45)34(46)31(44)18-42/h3-4,8-10,14-16,25,30-31,33-34,42-46H,2,5-7,11-13,17-21H2,1H3,(H2,40,41,47)/b24-15-,29-22-/t30-,31+,33+,34+/m0/s1. The number of pyridine rings is 1. The Labute approximate surface area is 302 Å². The van der Waals surface area contributed by atoms with E-state index in [1.165, 1.54) is 0 Å². The van der Waals surface area contributed by atoms with E-state index in [0.717, 1.165) is 46.4 Å². The molecule has 2 aliphatic rings. The SMILES string of the molecule is C=C(Cl)/C(=C\C(Cl)=C(/C)COC1(c2cnccc2-c2ccccc2OC2COC2)CC1)CCCCNC(=O)NC[C@H](O)[C@@H](O)[C@H](O)[C@H](O)CO. The van der Waals surface area contributed by atoms with Gasteiger partial charge in [-0.2, -0.15) is 0 Å². The number of benzene rings is 1. The lowest BCUT2D eigenvalue weighted by Gasteiger charge is -2.28. The first-order valence-electron chi connectivity index (χ1n) is 16.6. The molecule has 274 valence electrons. The zero-order valence-electron chi connectivity index (χ0n) is 28.1. The molecule has 1 aliphatic heterocycles. The number of para-hydroxylation sites is 1. The van der Waals surface area contributed by atoms with Gasteiger partial charge >= 0.3 is 6.03 Å². The molecule has 2 amide bonds. The summed E-state index contributed by atoms with van der Waals surface area (Å²) in [4.78, 5) is 16.5. The van der Waals surface area contributed by atoms with E-state index >= 15 is 0 Å². The largest absolute Gasteiger partial charge is 0.485 e. The number of urea groups is 1. The molecule has 4 atom stereocenters. The molecule has 1 aromatic heterocycles. The van der Waals surface area contributed by atoms with Crippen LogP contribution in [0.4, 0.5) is 4.79 Å². The third-order valence-corrected chi connectivity index (χ3v) is 9.35. The Morgan fingerprint density at radius 3 is 2.46 bits per heavy atom. The summed E-state index contributed by atoms with van der Waals surface area (Å²) in [7, 11) is 0. The van der Waals surface area contributed by atoms with E-state index in [0.29, 0.717) is 55.7 Å². The fraction of sp³-hybridized carbons (Fsp3) is 0.500. The van der Waals surface area contributed by atoms with E-state index in [9.17, 15) is 25.2 Å². The second-order valence-electron chi connectivity index (χ2n) is 12.6. The Morgan fingerprint density at radius 1 is 1.08 bits per heavy atom. The van der Waals surface area contributed by atoms with Gasteiger partial charge in [0, 0.05) is 46.7 Å². The Balaban J connectivity index is 1.27. The lowest BCUT2D eigenvalue weighted by molar-refractivity contribution is -0.113. The average Bonchev–Trinajstić information content (AvgIpc) is 3.90. The molecule has 1 saturated carbocycles. The molecule has 1 aliphatic carbocycles. The van der Waals surface area contributed by atoms with E-state index in [4.69, 9.17) is 42.5 Å². The van der Waals surface area contributed by atoms with Crippen molar-refractivity contribution in [1.82, 2.24) is 15.6 Å². The number of aliphatic hydroxyl groups is 5. The maximum atomic E-state index is 12.1. The monoisotopic (exact) mass is 735 g/mol. The summed E-state index contributed by atoms with van der Waals surface area (Å²) < 4.78 is 18.0. The van der Waals surface area contributed by atoms with Gasteiger partial charge in [-0.1, -0.05) is 48.0 Å². The number of nitrogens with zero attached hydrogens (tertiary/aromatic N) is 1. The van der Waals surface area contributed by atoms with Gasteiger partial charge in [-0.05, 0) is 73.9 Å². The van der Waals surface area contributed by atoms with E-state index in [-0.39, 0.29) is 12.6 Å². The third kappa shape index (κ3) is 11.0. The van der Waals surface area contributed by atoms with Crippen LogP contribution in [0.2, 0.25) is 0 Å². The first-order valence-corrected chi connectivity index (χ1v) is 17.4. The molecule has 0 bridgehead atoms. The Hall–Kier alpha value is -3.04. The molecule has 4 rings (SSSR count). The van der Waals surface area contributed by atoms with Crippen LogP contribution in [0.15, 0.2) is 76.6 Å². The minimum absolute atomic E-state index is 0.0407. The van der Waals surface area contributed by atoms with Crippen molar-refractivity contribution in [3.05, 3.63) is 82.2 Å². The van der Waals surface area contributed by atoms with Crippen molar-refractivity contribution in [1.29, 1.82) is 0 Å². The van der Waals surface area contributed by atoms with Gasteiger partial charge in [-0.25, -0.2) is 4.79 Å². The van der Waals surface area contributed by atoms with Gasteiger partial charge < -0.3 is 50.4 Å². The highest BCUT2D eigenvalue weighted by Crippen LogP contribution is 2.53. The number of nitrogens with one attached hydrogen (secondary N) is 2. The summed E-state index contributed by atoms with van der Waals surface area (Å²) in [6.45, 7) is 6.39. The molecular formula is C36H47Cl2N3O9. The van der Waals surface area contributed by atoms with Crippen LogP contribution >= 0.6 is 23.2 Å².